The average molecular weight is 410 g/mol. The number of hydrogen-bond donors (Lipinski definition) is 2. The minimum atomic E-state index is -0.772. The molecule has 3 aromatic rings. The molecule has 0 aliphatic rings. The zero-order valence-electron chi connectivity index (χ0n) is 15.4. The highest BCUT2D eigenvalue weighted by Gasteiger charge is 2.16. The minimum Gasteiger partial charge on any atom is -0.493 e. The molecule has 0 aliphatic carbocycles. The molecule has 0 saturated heterocycles. The molecule has 0 amide bonds. The van der Waals surface area contributed by atoms with E-state index in [4.69, 9.17) is 9.47 Å². The number of non-ortho nitro benzene ring substituents is 1. The number of rotatable bonds is 7. The second kappa shape index (κ2) is 9.05. The highest BCUT2D eigenvalue weighted by Crippen LogP contribution is 2.28. The van der Waals surface area contributed by atoms with Crippen molar-refractivity contribution in [3.05, 3.63) is 80.3 Å². The predicted molar refractivity (Wildman–Crippen MR) is 105 cm³/mol. The second-order valence-corrected chi connectivity index (χ2v) is 5.66. The van der Waals surface area contributed by atoms with E-state index in [9.17, 15) is 19.7 Å². The number of hydrogen-bond acceptors (Lipinski definition) is 10. The molecule has 12 heteroatoms. The van der Waals surface area contributed by atoms with Crippen LogP contribution in [-0.4, -0.2) is 39.4 Å². The summed E-state index contributed by atoms with van der Waals surface area (Å²) in [4.78, 5) is 36.1. The summed E-state index contributed by atoms with van der Waals surface area (Å²) in [6.45, 7) is 0. The van der Waals surface area contributed by atoms with E-state index in [0.29, 0.717) is 5.56 Å². The van der Waals surface area contributed by atoms with Gasteiger partial charge in [0.1, 0.15) is 6.20 Å². The Morgan fingerprint density at radius 1 is 1.27 bits per heavy atom. The topological polar surface area (TPSA) is 162 Å². The van der Waals surface area contributed by atoms with E-state index in [0.717, 1.165) is 12.3 Å². The van der Waals surface area contributed by atoms with Crippen LogP contribution in [0.5, 0.6) is 11.5 Å². The quantitative estimate of drug-likeness (QED) is 0.194. The standard InChI is InChI=1S/C18H14N6O6/c1-29-15-7-11(9-19-22-18-21-16(25)10-20-23-18)5-6-14(15)30-17(26)12-3-2-4-13(8-12)24(27)28/h2-10H,1H3,(H2,21,22,23,25)/b19-9+. The highest BCUT2D eigenvalue weighted by molar-refractivity contribution is 5.92. The van der Waals surface area contributed by atoms with Crippen molar-refractivity contribution in [1.29, 1.82) is 0 Å². The summed E-state index contributed by atoms with van der Waals surface area (Å²) < 4.78 is 10.5. The fraction of sp³-hybridized carbons (Fsp3) is 0.0556. The van der Waals surface area contributed by atoms with Crippen molar-refractivity contribution >= 4 is 23.8 Å². The average Bonchev–Trinajstić information content (AvgIpc) is 2.74. The molecule has 3 rings (SSSR count). The third-order valence-corrected chi connectivity index (χ3v) is 3.64. The van der Waals surface area contributed by atoms with Crippen LogP contribution < -0.4 is 20.5 Å². The van der Waals surface area contributed by atoms with Crippen LogP contribution in [0, 0.1) is 10.1 Å². The number of nitrogens with zero attached hydrogens (tertiary/aromatic N) is 4. The summed E-state index contributed by atoms with van der Waals surface area (Å²) in [6, 6.07) is 9.84. The summed E-state index contributed by atoms with van der Waals surface area (Å²) in [5.41, 5.74) is 2.47. The van der Waals surface area contributed by atoms with Gasteiger partial charge < -0.3 is 9.47 Å². The second-order valence-electron chi connectivity index (χ2n) is 5.66. The lowest BCUT2D eigenvalue weighted by molar-refractivity contribution is -0.384. The Balaban J connectivity index is 1.73. The van der Waals surface area contributed by atoms with E-state index in [1.807, 2.05) is 0 Å². The molecule has 0 spiro atoms. The largest absolute Gasteiger partial charge is 0.493 e. The van der Waals surface area contributed by atoms with E-state index >= 15 is 0 Å². The summed E-state index contributed by atoms with van der Waals surface area (Å²) in [7, 11) is 1.39. The third-order valence-electron chi connectivity index (χ3n) is 3.64. The van der Waals surface area contributed by atoms with Gasteiger partial charge in [-0.15, -0.1) is 10.2 Å². The number of carbonyl (C=O) groups is 1. The number of esters is 1. The Hall–Kier alpha value is -4.61. The molecule has 0 atom stereocenters. The van der Waals surface area contributed by atoms with Gasteiger partial charge in [-0.05, 0) is 29.8 Å². The summed E-state index contributed by atoms with van der Waals surface area (Å²) in [5, 5.41) is 21.9. The number of benzene rings is 2. The van der Waals surface area contributed by atoms with Crippen LogP contribution >= 0.6 is 0 Å². The Morgan fingerprint density at radius 3 is 2.83 bits per heavy atom. The molecular formula is C18H14N6O6. The maximum absolute atomic E-state index is 12.3. The van der Waals surface area contributed by atoms with Crippen LogP contribution in [0.2, 0.25) is 0 Å². The smallest absolute Gasteiger partial charge is 0.343 e. The Bertz CT molecular complexity index is 1180. The van der Waals surface area contributed by atoms with Gasteiger partial charge in [0.25, 0.3) is 11.2 Å². The molecule has 0 saturated carbocycles. The van der Waals surface area contributed by atoms with Crippen LogP contribution in [0.1, 0.15) is 15.9 Å². The molecule has 12 nitrogen and oxygen atoms in total. The zero-order chi connectivity index (χ0) is 21.5. The lowest BCUT2D eigenvalue weighted by atomic mass is 10.2. The number of aromatic nitrogens is 3. The maximum Gasteiger partial charge on any atom is 0.343 e. The van der Waals surface area contributed by atoms with Gasteiger partial charge in [-0.2, -0.15) is 5.10 Å². The van der Waals surface area contributed by atoms with Gasteiger partial charge in [0, 0.05) is 12.1 Å². The van der Waals surface area contributed by atoms with Gasteiger partial charge in [0.15, 0.2) is 11.5 Å². The summed E-state index contributed by atoms with van der Waals surface area (Å²) >= 11 is 0. The number of H-pyrrole nitrogens is 1. The molecule has 2 aromatic carbocycles. The number of ether oxygens (including phenoxy) is 2. The first-order chi connectivity index (χ1) is 14.5. The molecular weight excluding hydrogens is 396 g/mol. The number of carbonyl (C=O) groups excluding carboxylic acids is 1. The normalized spacial score (nSPS) is 10.6. The summed E-state index contributed by atoms with van der Waals surface area (Å²) in [5.74, 6) is -0.345. The molecule has 152 valence electrons. The van der Waals surface area contributed by atoms with Crippen LogP contribution in [0.3, 0.4) is 0 Å². The highest BCUT2D eigenvalue weighted by atomic mass is 16.6. The number of nitro benzene ring substituents is 1. The lowest BCUT2D eigenvalue weighted by Gasteiger charge is -2.10. The number of nitrogens with one attached hydrogen (secondary N) is 2. The lowest BCUT2D eigenvalue weighted by Crippen LogP contribution is -2.10. The molecule has 1 heterocycles. The molecule has 2 N–H and O–H groups in total. The molecule has 30 heavy (non-hydrogen) atoms. The van der Waals surface area contributed by atoms with Crippen molar-refractivity contribution in [2.45, 2.75) is 0 Å². The molecule has 0 fully saturated rings. The zero-order valence-corrected chi connectivity index (χ0v) is 15.4. The van der Waals surface area contributed by atoms with E-state index in [1.54, 1.807) is 12.1 Å². The predicted octanol–water partition coefficient (Wildman–Crippen LogP) is 1.75. The number of anilines is 1. The third kappa shape index (κ3) is 5.01. The van der Waals surface area contributed by atoms with Crippen molar-refractivity contribution in [3.63, 3.8) is 0 Å². The Morgan fingerprint density at radius 2 is 2.10 bits per heavy atom. The molecule has 0 radical (unpaired) electrons. The van der Waals surface area contributed by atoms with E-state index in [1.165, 1.54) is 37.6 Å². The van der Waals surface area contributed by atoms with Crippen molar-refractivity contribution in [2.75, 3.05) is 12.5 Å². The van der Waals surface area contributed by atoms with Crippen molar-refractivity contribution < 1.29 is 19.2 Å². The minimum absolute atomic E-state index is 0.0269. The first-order valence-electron chi connectivity index (χ1n) is 8.32. The fourth-order valence-electron chi connectivity index (χ4n) is 2.29. The van der Waals surface area contributed by atoms with Gasteiger partial charge in [0.2, 0.25) is 5.95 Å². The number of nitro groups is 1. The maximum atomic E-state index is 12.3. The van der Waals surface area contributed by atoms with E-state index < -0.39 is 16.5 Å². The molecule has 0 aliphatic heterocycles. The van der Waals surface area contributed by atoms with Gasteiger partial charge in [-0.3, -0.25) is 19.9 Å². The number of methoxy groups -OCH3 is 1. The SMILES string of the molecule is COc1cc(/C=N/Nc2nncc(=O)[nH]2)ccc1OC(=O)c1cccc([N+](=O)[O-])c1. The van der Waals surface area contributed by atoms with Crippen LogP contribution in [0.4, 0.5) is 11.6 Å². The number of hydrazone groups is 1. The first-order valence-corrected chi connectivity index (χ1v) is 8.32. The monoisotopic (exact) mass is 410 g/mol. The fourth-order valence-corrected chi connectivity index (χ4v) is 2.29. The Kier molecular flexibility index (Phi) is 6.08. The van der Waals surface area contributed by atoms with E-state index in [2.05, 4.69) is 25.7 Å². The molecule has 0 unspecified atom stereocenters. The number of aromatic amines is 1. The van der Waals surface area contributed by atoms with E-state index in [-0.39, 0.29) is 28.7 Å². The molecule has 1 aromatic heterocycles. The van der Waals surface area contributed by atoms with Gasteiger partial charge in [-0.25, -0.2) is 10.2 Å². The van der Waals surface area contributed by atoms with Crippen LogP contribution in [0.25, 0.3) is 0 Å². The van der Waals surface area contributed by atoms with Crippen molar-refractivity contribution in [2.24, 2.45) is 5.10 Å². The van der Waals surface area contributed by atoms with Crippen molar-refractivity contribution in [1.82, 2.24) is 15.2 Å². The van der Waals surface area contributed by atoms with Gasteiger partial charge in [-0.1, -0.05) is 6.07 Å². The van der Waals surface area contributed by atoms with Crippen molar-refractivity contribution in [3.8, 4) is 11.5 Å². The van der Waals surface area contributed by atoms with Crippen LogP contribution in [-0.2, 0) is 0 Å². The Labute approximate surface area is 168 Å². The molecule has 0 bridgehead atoms. The first kappa shape index (κ1) is 20.1. The van der Waals surface area contributed by atoms with Crippen LogP contribution in [0.15, 0.2) is 58.6 Å². The van der Waals surface area contributed by atoms with Gasteiger partial charge >= 0.3 is 5.97 Å². The summed E-state index contributed by atoms with van der Waals surface area (Å²) in [6.07, 6.45) is 2.44. The van der Waals surface area contributed by atoms with Gasteiger partial charge in [0.05, 0.1) is 23.8 Å².